The van der Waals surface area contributed by atoms with Gasteiger partial charge in [0.1, 0.15) is 0 Å². The first-order valence-corrected chi connectivity index (χ1v) is 9.33. The van der Waals surface area contributed by atoms with Gasteiger partial charge in [0.2, 0.25) is 0 Å². The molecule has 9 heteroatoms. The number of rotatable bonds is 6. The number of anilines is 1. The van der Waals surface area contributed by atoms with E-state index >= 15 is 0 Å². The van der Waals surface area contributed by atoms with E-state index in [0.717, 1.165) is 11.3 Å². The van der Waals surface area contributed by atoms with E-state index < -0.39 is 24.5 Å². The number of carbonyl (C=O) groups excluding carboxylic acids is 3. The molecule has 1 aromatic heterocycles. The maximum absolute atomic E-state index is 12.2. The van der Waals surface area contributed by atoms with Crippen LogP contribution in [0.25, 0.3) is 5.69 Å². The van der Waals surface area contributed by atoms with Crippen molar-refractivity contribution in [3.8, 4) is 5.69 Å². The van der Waals surface area contributed by atoms with Gasteiger partial charge in [-0.15, -0.1) is 0 Å². The number of carbonyl (C=O) groups is 3. The Labute approximate surface area is 177 Å². The zero-order valence-corrected chi connectivity index (χ0v) is 17.2. The number of nitrogens with one attached hydrogen (secondary N) is 2. The van der Waals surface area contributed by atoms with Crippen LogP contribution in [0.4, 0.5) is 5.69 Å². The molecule has 1 heterocycles. The van der Waals surface area contributed by atoms with Gasteiger partial charge in [0.25, 0.3) is 5.91 Å². The van der Waals surface area contributed by atoms with Crippen LogP contribution in [0.5, 0.6) is 0 Å². The maximum atomic E-state index is 12.2. The van der Waals surface area contributed by atoms with Crippen LogP contribution in [0.15, 0.2) is 53.5 Å². The van der Waals surface area contributed by atoms with Crippen LogP contribution >= 0.6 is 0 Å². The predicted molar refractivity (Wildman–Crippen MR) is 113 cm³/mol. The largest absolute Gasteiger partial charge is 0.465 e. The Morgan fingerprint density at radius 1 is 1.00 bits per heavy atom. The van der Waals surface area contributed by atoms with Crippen molar-refractivity contribution >= 4 is 23.5 Å². The molecular formula is C22H21N3O6. The molecule has 0 unspecified atom stereocenters. The summed E-state index contributed by atoms with van der Waals surface area (Å²) in [6.45, 7) is 3.04. The van der Waals surface area contributed by atoms with Crippen molar-refractivity contribution in [3.63, 3.8) is 0 Å². The van der Waals surface area contributed by atoms with Gasteiger partial charge in [0, 0.05) is 17.6 Å². The molecule has 0 aliphatic carbocycles. The molecule has 3 rings (SSSR count). The first-order chi connectivity index (χ1) is 14.8. The van der Waals surface area contributed by atoms with Gasteiger partial charge in [-0.25, -0.2) is 14.4 Å². The smallest absolute Gasteiger partial charge is 0.338 e. The van der Waals surface area contributed by atoms with E-state index in [1.807, 2.05) is 0 Å². The number of hydrogen-bond acceptors (Lipinski definition) is 6. The molecule has 3 aromatic rings. The summed E-state index contributed by atoms with van der Waals surface area (Å²) in [5.41, 5.74) is 2.72. The average Bonchev–Trinajstić information content (AvgIpc) is 3.11. The summed E-state index contributed by atoms with van der Waals surface area (Å²) in [6, 6.07) is 11.0. The fraction of sp³-hybridized carbons (Fsp3) is 0.182. The highest BCUT2D eigenvalue weighted by atomic mass is 16.5. The van der Waals surface area contributed by atoms with Crippen LogP contribution in [0.2, 0.25) is 0 Å². The van der Waals surface area contributed by atoms with E-state index in [0.29, 0.717) is 11.4 Å². The van der Waals surface area contributed by atoms with Crippen molar-refractivity contribution in [1.29, 1.82) is 0 Å². The summed E-state index contributed by atoms with van der Waals surface area (Å²) < 4.78 is 11.2. The lowest BCUT2D eigenvalue weighted by Crippen LogP contribution is -2.21. The molecule has 31 heavy (non-hydrogen) atoms. The second-order valence-electron chi connectivity index (χ2n) is 6.76. The SMILES string of the molecule is COC(=O)c1ccc(C)c(NC(=O)COC(=O)c2ccc(-n3c(C)c[nH]c3=O)cc2)c1. The van der Waals surface area contributed by atoms with Gasteiger partial charge >= 0.3 is 17.6 Å². The number of imidazole rings is 1. The molecule has 2 aromatic carbocycles. The van der Waals surface area contributed by atoms with Crippen LogP contribution in [-0.2, 0) is 14.3 Å². The second kappa shape index (κ2) is 9.12. The number of H-pyrrole nitrogens is 1. The first kappa shape index (κ1) is 21.6. The van der Waals surface area contributed by atoms with Gasteiger partial charge in [-0.2, -0.15) is 0 Å². The molecule has 0 saturated heterocycles. The van der Waals surface area contributed by atoms with Crippen molar-refractivity contribution < 1.29 is 23.9 Å². The van der Waals surface area contributed by atoms with Crippen molar-refractivity contribution in [1.82, 2.24) is 9.55 Å². The summed E-state index contributed by atoms with van der Waals surface area (Å²) in [4.78, 5) is 50.5. The normalized spacial score (nSPS) is 10.4. The lowest BCUT2D eigenvalue weighted by atomic mass is 10.1. The number of amides is 1. The molecule has 0 aliphatic rings. The van der Waals surface area contributed by atoms with Gasteiger partial charge in [0.05, 0.1) is 23.9 Å². The zero-order chi connectivity index (χ0) is 22.5. The highest BCUT2D eigenvalue weighted by Crippen LogP contribution is 2.18. The topological polar surface area (TPSA) is 119 Å². The van der Waals surface area contributed by atoms with Crippen molar-refractivity contribution in [2.75, 3.05) is 19.0 Å². The van der Waals surface area contributed by atoms with Crippen molar-refractivity contribution in [2.24, 2.45) is 0 Å². The van der Waals surface area contributed by atoms with Gasteiger partial charge in [0.15, 0.2) is 6.61 Å². The standard InChI is InChI=1S/C22H21N3O6/c1-13-4-5-16(20(27)30-3)10-18(13)24-19(26)12-31-21(28)15-6-8-17(9-7-15)25-14(2)11-23-22(25)29/h4-11H,12H2,1-3H3,(H,23,29)(H,24,26). The summed E-state index contributed by atoms with van der Waals surface area (Å²) in [5.74, 6) is -1.76. The number of hydrogen-bond donors (Lipinski definition) is 2. The Bertz CT molecular complexity index is 1190. The van der Waals surface area contributed by atoms with Crippen LogP contribution in [0.1, 0.15) is 32.0 Å². The molecule has 0 radical (unpaired) electrons. The zero-order valence-electron chi connectivity index (χ0n) is 17.2. The van der Waals surface area contributed by atoms with Crippen LogP contribution in [-0.4, -0.2) is 41.1 Å². The van der Waals surface area contributed by atoms with Gasteiger partial charge < -0.3 is 19.8 Å². The minimum atomic E-state index is -0.681. The van der Waals surface area contributed by atoms with E-state index in [4.69, 9.17) is 4.74 Å². The summed E-state index contributed by atoms with van der Waals surface area (Å²) in [7, 11) is 1.27. The molecular weight excluding hydrogens is 402 g/mol. The molecule has 0 spiro atoms. The Balaban J connectivity index is 1.61. The third kappa shape index (κ3) is 4.89. The van der Waals surface area contributed by atoms with E-state index in [9.17, 15) is 19.2 Å². The van der Waals surface area contributed by atoms with Gasteiger partial charge in [-0.1, -0.05) is 6.07 Å². The van der Waals surface area contributed by atoms with E-state index in [2.05, 4.69) is 15.0 Å². The third-order valence-electron chi connectivity index (χ3n) is 4.59. The monoisotopic (exact) mass is 423 g/mol. The van der Waals surface area contributed by atoms with Crippen LogP contribution < -0.4 is 11.0 Å². The Morgan fingerprint density at radius 2 is 1.68 bits per heavy atom. The van der Waals surface area contributed by atoms with Crippen LogP contribution in [0, 0.1) is 13.8 Å². The molecule has 160 valence electrons. The molecule has 0 aliphatic heterocycles. The average molecular weight is 423 g/mol. The molecule has 1 amide bonds. The molecule has 0 saturated carbocycles. The summed E-state index contributed by atoms with van der Waals surface area (Å²) in [5, 5.41) is 2.61. The van der Waals surface area contributed by atoms with E-state index in [1.54, 1.807) is 44.3 Å². The highest BCUT2D eigenvalue weighted by molar-refractivity contribution is 5.97. The molecule has 9 nitrogen and oxygen atoms in total. The third-order valence-corrected chi connectivity index (χ3v) is 4.59. The lowest BCUT2D eigenvalue weighted by molar-refractivity contribution is -0.119. The first-order valence-electron chi connectivity index (χ1n) is 9.33. The van der Waals surface area contributed by atoms with Crippen molar-refractivity contribution in [3.05, 3.63) is 81.5 Å². The molecule has 0 fully saturated rings. The number of nitrogens with zero attached hydrogens (tertiary/aromatic N) is 1. The minimum absolute atomic E-state index is 0.238. The minimum Gasteiger partial charge on any atom is -0.465 e. The van der Waals surface area contributed by atoms with E-state index in [1.165, 1.54) is 29.9 Å². The fourth-order valence-electron chi connectivity index (χ4n) is 2.93. The summed E-state index contributed by atoms with van der Waals surface area (Å²) >= 11 is 0. The number of methoxy groups -OCH3 is 1. The number of aryl methyl sites for hydroxylation is 2. The molecule has 0 bridgehead atoms. The van der Waals surface area contributed by atoms with Gasteiger partial charge in [-0.05, 0) is 55.8 Å². The Kier molecular flexibility index (Phi) is 6.35. The number of ether oxygens (including phenoxy) is 2. The number of esters is 2. The van der Waals surface area contributed by atoms with Crippen molar-refractivity contribution in [2.45, 2.75) is 13.8 Å². The fourth-order valence-corrected chi connectivity index (χ4v) is 2.93. The van der Waals surface area contributed by atoms with Gasteiger partial charge in [-0.3, -0.25) is 9.36 Å². The second-order valence-corrected chi connectivity index (χ2v) is 6.76. The quantitative estimate of drug-likeness (QED) is 0.588. The van der Waals surface area contributed by atoms with E-state index in [-0.39, 0.29) is 16.8 Å². The highest BCUT2D eigenvalue weighted by Gasteiger charge is 2.14. The Morgan fingerprint density at radius 3 is 2.29 bits per heavy atom. The molecule has 2 N–H and O–H groups in total. The maximum Gasteiger partial charge on any atom is 0.338 e. The lowest BCUT2D eigenvalue weighted by Gasteiger charge is -2.11. The number of benzene rings is 2. The van der Waals surface area contributed by atoms with Crippen LogP contribution in [0.3, 0.4) is 0 Å². The predicted octanol–water partition coefficient (Wildman–Crippen LogP) is 2.36. The molecule has 0 atom stereocenters. The number of aromatic amines is 1. The summed E-state index contributed by atoms with van der Waals surface area (Å²) in [6.07, 6.45) is 1.59. The number of aromatic nitrogens is 2. The Hall–Kier alpha value is -4.14.